The second-order valence-electron chi connectivity index (χ2n) is 5.03. The van der Waals surface area contributed by atoms with Crippen LogP contribution in [-0.4, -0.2) is 54.3 Å². The van der Waals surface area contributed by atoms with Gasteiger partial charge in [0.1, 0.15) is 0 Å². The van der Waals surface area contributed by atoms with Crippen molar-refractivity contribution in [1.82, 2.24) is 4.90 Å². The normalized spacial score (nSPS) is 31.6. The SMILES string of the molecule is COC(F)(F)/C(F)=C(\F)N1C(F)(F)C(F)(C(F)(F)F)OC(F)(C(F)(F)F)C1(F)F. The highest BCUT2D eigenvalue weighted by Crippen LogP contribution is 2.64. The highest BCUT2D eigenvalue weighted by molar-refractivity contribution is 5.17. The smallest absolute Gasteiger partial charge is 0.318 e. The van der Waals surface area contributed by atoms with E-state index < -0.39 is 58.9 Å². The van der Waals surface area contributed by atoms with Gasteiger partial charge in [0.25, 0.3) is 5.83 Å². The molecule has 1 saturated heterocycles. The first-order valence-corrected chi connectivity index (χ1v) is 6.22. The van der Waals surface area contributed by atoms with E-state index in [4.69, 9.17) is 0 Å². The molecule has 1 rings (SSSR count). The van der Waals surface area contributed by atoms with Crippen molar-refractivity contribution in [2.45, 2.75) is 42.3 Å². The number of hydrogen-bond donors (Lipinski definition) is 0. The molecular formula is C10H3F16NO2. The van der Waals surface area contributed by atoms with Crippen molar-refractivity contribution in [2.75, 3.05) is 7.11 Å². The zero-order valence-corrected chi connectivity index (χ0v) is 12.8. The highest BCUT2D eigenvalue weighted by Gasteiger charge is 2.93. The van der Waals surface area contributed by atoms with E-state index in [9.17, 15) is 70.2 Å². The van der Waals surface area contributed by atoms with E-state index >= 15 is 0 Å². The molecule has 29 heavy (non-hydrogen) atoms. The van der Waals surface area contributed by atoms with Crippen molar-refractivity contribution >= 4 is 0 Å². The number of nitrogens with zero attached hydrogens (tertiary/aromatic N) is 1. The van der Waals surface area contributed by atoms with Gasteiger partial charge in [-0.1, -0.05) is 0 Å². The maximum absolute atomic E-state index is 13.7. The number of ether oxygens (including phenoxy) is 2. The number of rotatable bonds is 3. The van der Waals surface area contributed by atoms with Gasteiger partial charge in [0.15, 0.2) is 0 Å². The van der Waals surface area contributed by atoms with Crippen LogP contribution in [0.5, 0.6) is 0 Å². The van der Waals surface area contributed by atoms with Crippen LogP contribution in [0.15, 0.2) is 11.8 Å². The fourth-order valence-corrected chi connectivity index (χ4v) is 1.79. The monoisotopic (exact) mass is 473 g/mol. The third-order valence-electron chi connectivity index (χ3n) is 3.24. The summed E-state index contributed by atoms with van der Waals surface area (Å²) < 4.78 is 215. The Morgan fingerprint density at radius 2 is 1.03 bits per heavy atom. The first-order chi connectivity index (χ1) is 12.5. The summed E-state index contributed by atoms with van der Waals surface area (Å²) in [6.07, 6.45) is -20.9. The molecule has 0 radical (unpaired) electrons. The van der Waals surface area contributed by atoms with Crippen LogP contribution in [0.4, 0.5) is 70.2 Å². The third kappa shape index (κ3) is 3.25. The minimum Gasteiger partial charge on any atom is -0.318 e. The Morgan fingerprint density at radius 3 is 1.28 bits per heavy atom. The van der Waals surface area contributed by atoms with Crippen LogP contribution in [-0.2, 0) is 9.47 Å². The van der Waals surface area contributed by atoms with E-state index in [1.165, 1.54) is 0 Å². The minimum absolute atomic E-state index is 0.243. The van der Waals surface area contributed by atoms with Crippen LogP contribution in [0.1, 0.15) is 0 Å². The summed E-state index contributed by atoms with van der Waals surface area (Å²) >= 11 is 0. The molecule has 1 fully saturated rings. The van der Waals surface area contributed by atoms with Gasteiger partial charge in [0.05, 0.1) is 0 Å². The second-order valence-corrected chi connectivity index (χ2v) is 5.03. The van der Waals surface area contributed by atoms with E-state index in [0.29, 0.717) is 0 Å². The van der Waals surface area contributed by atoms with Gasteiger partial charge in [0, 0.05) is 7.11 Å². The number of alkyl halides is 14. The van der Waals surface area contributed by atoms with Crippen LogP contribution < -0.4 is 0 Å². The van der Waals surface area contributed by atoms with Crippen LogP contribution >= 0.6 is 0 Å². The Balaban J connectivity index is 4.04. The van der Waals surface area contributed by atoms with Crippen LogP contribution in [0, 0.1) is 0 Å². The van der Waals surface area contributed by atoms with Crippen LogP contribution in [0.25, 0.3) is 0 Å². The predicted octanol–water partition coefficient (Wildman–Crippen LogP) is 5.31. The van der Waals surface area contributed by atoms with Gasteiger partial charge in [0.2, 0.25) is 5.95 Å². The van der Waals surface area contributed by atoms with E-state index in [1.54, 1.807) is 4.74 Å². The largest absolute Gasteiger partial charge is 0.457 e. The first kappa shape index (κ1) is 25.4. The Labute approximate surface area is 147 Å². The van der Waals surface area contributed by atoms with Crippen molar-refractivity contribution < 1.29 is 79.7 Å². The lowest BCUT2D eigenvalue weighted by Crippen LogP contribution is -2.81. The fourth-order valence-electron chi connectivity index (χ4n) is 1.79. The Hall–Kier alpha value is -1.66. The number of methoxy groups -OCH3 is 1. The molecular weight excluding hydrogens is 470 g/mol. The van der Waals surface area contributed by atoms with Crippen molar-refractivity contribution in [3.05, 3.63) is 11.8 Å². The highest BCUT2D eigenvalue weighted by atomic mass is 19.4. The Morgan fingerprint density at radius 1 is 0.724 bits per heavy atom. The summed E-state index contributed by atoms with van der Waals surface area (Å²) in [6, 6.07) is -14.9. The van der Waals surface area contributed by atoms with Gasteiger partial charge in [-0.25, -0.2) is 4.90 Å². The van der Waals surface area contributed by atoms with Gasteiger partial charge in [-0.15, -0.1) is 0 Å². The zero-order chi connectivity index (χ0) is 23.6. The lowest BCUT2D eigenvalue weighted by molar-refractivity contribution is -0.574. The number of halogens is 16. The molecule has 0 amide bonds. The van der Waals surface area contributed by atoms with Gasteiger partial charge in [-0.05, 0) is 0 Å². The molecule has 1 aliphatic rings. The van der Waals surface area contributed by atoms with Gasteiger partial charge < -0.3 is 4.74 Å². The summed E-state index contributed by atoms with van der Waals surface area (Å²) in [6.45, 7) is 0. The fraction of sp³-hybridized carbons (Fsp3) is 0.800. The van der Waals surface area contributed by atoms with E-state index in [0.717, 1.165) is 0 Å². The molecule has 0 aromatic rings. The molecule has 0 aromatic carbocycles. The Bertz CT molecular complexity index is 644. The van der Waals surface area contributed by atoms with E-state index in [2.05, 4.69) is 4.74 Å². The quantitative estimate of drug-likeness (QED) is 0.410. The molecule has 172 valence electrons. The molecule has 2 atom stereocenters. The molecule has 0 saturated carbocycles. The van der Waals surface area contributed by atoms with Crippen molar-refractivity contribution in [3.63, 3.8) is 0 Å². The average Bonchev–Trinajstić information content (AvgIpc) is 2.49. The average molecular weight is 473 g/mol. The van der Waals surface area contributed by atoms with Crippen molar-refractivity contribution in [1.29, 1.82) is 0 Å². The van der Waals surface area contributed by atoms with Gasteiger partial charge in [-0.3, -0.25) is 4.74 Å². The van der Waals surface area contributed by atoms with Crippen LogP contribution in [0.3, 0.4) is 0 Å². The minimum atomic E-state index is -7.52. The first-order valence-electron chi connectivity index (χ1n) is 6.22. The van der Waals surface area contributed by atoms with Crippen molar-refractivity contribution in [3.8, 4) is 0 Å². The van der Waals surface area contributed by atoms with Crippen LogP contribution in [0.2, 0.25) is 0 Å². The van der Waals surface area contributed by atoms with Gasteiger partial charge in [-0.2, -0.15) is 70.2 Å². The molecule has 0 aliphatic carbocycles. The maximum Gasteiger partial charge on any atom is 0.457 e. The second kappa shape index (κ2) is 6.42. The molecule has 0 aromatic heterocycles. The maximum atomic E-state index is 13.7. The molecule has 2 unspecified atom stereocenters. The molecule has 1 heterocycles. The van der Waals surface area contributed by atoms with Crippen molar-refractivity contribution in [2.24, 2.45) is 0 Å². The summed E-state index contributed by atoms with van der Waals surface area (Å²) in [4.78, 5) is -3.73. The van der Waals surface area contributed by atoms with E-state index in [1.807, 2.05) is 0 Å². The molecule has 0 bridgehead atoms. The molecule has 0 N–H and O–H groups in total. The number of morpholine rings is 1. The predicted molar refractivity (Wildman–Crippen MR) is 53.8 cm³/mol. The molecule has 0 spiro atoms. The van der Waals surface area contributed by atoms with Gasteiger partial charge >= 0.3 is 42.3 Å². The molecule has 19 heteroatoms. The standard InChI is InChI=1S/C10H3F16NO2/c1-28-4(13,14)2(11)3(12)27-9(23,24)5(15,7(17,18)19)29-6(16,8(20,21)22)10(27,25)26/h1H3/b3-2-. The summed E-state index contributed by atoms with van der Waals surface area (Å²) in [5.41, 5.74) is 0. The molecule has 1 aliphatic heterocycles. The lowest BCUT2D eigenvalue weighted by atomic mass is 10.1. The molecule has 3 nitrogen and oxygen atoms in total. The van der Waals surface area contributed by atoms with E-state index in [-0.39, 0.29) is 7.11 Å². The summed E-state index contributed by atoms with van der Waals surface area (Å²) in [7, 11) is -0.243. The summed E-state index contributed by atoms with van der Waals surface area (Å²) in [5, 5.41) is 0. The third-order valence-corrected chi connectivity index (χ3v) is 3.24. The Kier molecular flexibility index (Phi) is 5.62. The lowest BCUT2D eigenvalue weighted by Gasteiger charge is -2.53. The summed E-state index contributed by atoms with van der Waals surface area (Å²) in [5.74, 6) is -23.8. The number of hydrogen-bond acceptors (Lipinski definition) is 3. The zero-order valence-electron chi connectivity index (χ0n) is 12.8. The topological polar surface area (TPSA) is 21.7 Å².